The molecule has 0 saturated heterocycles. The van der Waals surface area contributed by atoms with Gasteiger partial charge in [-0.15, -0.1) is 0 Å². The third-order valence-electron chi connectivity index (χ3n) is 9.08. The second-order valence-electron chi connectivity index (χ2n) is 14.3. The molecule has 0 bridgehead atoms. The molecule has 3 unspecified atom stereocenters. The van der Waals surface area contributed by atoms with E-state index in [1.807, 2.05) is 0 Å². The summed E-state index contributed by atoms with van der Waals surface area (Å²) in [5.74, 6) is -3.14. The Labute approximate surface area is 352 Å². The number of amides is 4. The zero-order valence-corrected chi connectivity index (χ0v) is 36.3. The lowest BCUT2D eigenvalue weighted by molar-refractivity contribution is -0.142. The summed E-state index contributed by atoms with van der Waals surface area (Å²) in [5.41, 5.74) is 0. The molecule has 0 aliphatic carbocycles. The summed E-state index contributed by atoms with van der Waals surface area (Å²) in [6.45, 7) is 2.09. The zero-order valence-electron chi connectivity index (χ0n) is 35.1. The predicted molar refractivity (Wildman–Crippen MR) is 225 cm³/mol. The van der Waals surface area contributed by atoms with Gasteiger partial charge in [-0.3, -0.25) is 29.1 Å². The Hall–Kier alpha value is -3.28. The summed E-state index contributed by atoms with van der Waals surface area (Å²) in [6.07, 6.45) is 17.2. The molecule has 0 aliphatic heterocycles. The van der Waals surface area contributed by atoms with Gasteiger partial charge < -0.3 is 55.2 Å². The van der Waals surface area contributed by atoms with Crippen molar-refractivity contribution in [3.63, 3.8) is 0 Å². The number of aldehydes is 1. The van der Waals surface area contributed by atoms with Crippen LogP contribution in [0.1, 0.15) is 128 Å². The van der Waals surface area contributed by atoms with Crippen LogP contribution >= 0.6 is 9.39 Å². The average Bonchev–Trinajstić information content (AvgIpc) is 3.20. The average molecular weight is 864 g/mol. The van der Waals surface area contributed by atoms with Crippen LogP contribution in [0.15, 0.2) is 0 Å². The Morgan fingerprint density at radius 1 is 0.492 bits per heavy atom. The van der Waals surface area contributed by atoms with Gasteiger partial charge in [0.15, 0.2) is 0 Å². The fraction of sp³-hybridized carbons (Fsp3) is 0.825. The molecule has 0 aliphatic rings. The first-order valence-electron chi connectivity index (χ1n) is 21.4. The number of ether oxygens (including phenoxy) is 4. The number of nitrogens with one attached hydrogen (secondary N) is 5. The highest BCUT2D eigenvalue weighted by molar-refractivity contribution is 7.13. The van der Waals surface area contributed by atoms with Crippen LogP contribution in [0.4, 0.5) is 0 Å². The van der Waals surface area contributed by atoms with E-state index in [4.69, 9.17) is 24.1 Å². The van der Waals surface area contributed by atoms with E-state index in [-0.39, 0.29) is 121 Å². The molecule has 0 radical (unpaired) electrons. The molecular formula is C40H74N5O13P. The standard InChI is InChI=1S/C40H74N5O13P/c46-30-33(45-59)16-14-15-21-41-37(49)31-57-28-27-56-25-23-43-38(50)32-58-29-26-55-24-22-42-35(47)20-19-34(40(53)54)44-36(48)17-12-10-8-6-4-2-1-3-5-7-9-11-13-18-39(51)52/h30,33-34,45H,1-29,31-32,59H2,(H,41,49)(H,42,47)(H,43,50)(H,44,48)(H,51,52)(H,53,54). The Bertz CT molecular complexity index is 1140. The first-order chi connectivity index (χ1) is 28.6. The van der Waals surface area contributed by atoms with Crippen molar-refractivity contribution in [2.75, 3.05) is 72.5 Å². The highest BCUT2D eigenvalue weighted by Crippen LogP contribution is 2.13. The molecule has 7 N–H and O–H groups in total. The smallest absolute Gasteiger partial charge is 0.326 e. The van der Waals surface area contributed by atoms with Crippen molar-refractivity contribution in [3.05, 3.63) is 0 Å². The van der Waals surface area contributed by atoms with E-state index in [0.717, 1.165) is 70.5 Å². The maximum Gasteiger partial charge on any atom is 0.326 e. The lowest BCUT2D eigenvalue weighted by atomic mass is 10.0. The molecular weight excluding hydrogens is 789 g/mol. The van der Waals surface area contributed by atoms with Crippen LogP contribution in [-0.2, 0) is 52.5 Å². The highest BCUT2D eigenvalue weighted by Gasteiger charge is 2.20. The van der Waals surface area contributed by atoms with Crippen LogP contribution in [0, 0.1) is 0 Å². The molecule has 0 fully saturated rings. The first-order valence-corrected chi connectivity index (χ1v) is 21.9. The summed E-state index contributed by atoms with van der Waals surface area (Å²) < 4.78 is 21.3. The molecule has 0 saturated carbocycles. The fourth-order valence-electron chi connectivity index (χ4n) is 5.70. The third kappa shape index (κ3) is 39.9. The van der Waals surface area contributed by atoms with Crippen molar-refractivity contribution < 1.29 is 62.7 Å². The molecule has 0 aromatic heterocycles. The van der Waals surface area contributed by atoms with Crippen molar-refractivity contribution in [1.82, 2.24) is 26.4 Å². The number of aliphatic carboxylic acids is 2. The summed E-state index contributed by atoms with van der Waals surface area (Å²) in [4.78, 5) is 81.0. The number of hydrogen-bond acceptors (Lipinski definition) is 12. The Morgan fingerprint density at radius 3 is 1.42 bits per heavy atom. The van der Waals surface area contributed by atoms with E-state index < -0.39 is 18.0 Å². The molecule has 3 atom stereocenters. The molecule has 0 heterocycles. The van der Waals surface area contributed by atoms with Gasteiger partial charge in [0.25, 0.3) is 0 Å². The Balaban J connectivity index is 3.65. The number of carboxylic acid groups (broad SMARTS) is 2. The largest absolute Gasteiger partial charge is 0.481 e. The fourth-order valence-corrected chi connectivity index (χ4v) is 5.94. The Kier molecular flexibility index (Phi) is 39.1. The summed E-state index contributed by atoms with van der Waals surface area (Å²) in [6, 6.07) is -1.34. The van der Waals surface area contributed by atoms with Crippen molar-refractivity contribution in [1.29, 1.82) is 0 Å². The molecule has 18 nitrogen and oxygen atoms in total. The molecule has 0 aromatic carbocycles. The molecule has 0 spiro atoms. The van der Waals surface area contributed by atoms with E-state index in [2.05, 4.69) is 35.7 Å². The van der Waals surface area contributed by atoms with Crippen LogP contribution in [0.25, 0.3) is 0 Å². The molecule has 59 heavy (non-hydrogen) atoms. The van der Waals surface area contributed by atoms with Crippen LogP contribution in [0.3, 0.4) is 0 Å². The van der Waals surface area contributed by atoms with E-state index in [1.54, 1.807) is 0 Å². The van der Waals surface area contributed by atoms with Gasteiger partial charge in [-0.2, -0.15) is 0 Å². The van der Waals surface area contributed by atoms with Crippen molar-refractivity contribution >= 4 is 51.2 Å². The van der Waals surface area contributed by atoms with Gasteiger partial charge in [0.05, 0.1) is 45.7 Å². The predicted octanol–water partition coefficient (Wildman–Crippen LogP) is 2.80. The lowest BCUT2D eigenvalue weighted by Crippen LogP contribution is -2.41. The molecule has 0 aromatic rings. The highest BCUT2D eigenvalue weighted by atomic mass is 31.0. The van der Waals surface area contributed by atoms with Gasteiger partial charge in [0.2, 0.25) is 23.6 Å². The van der Waals surface area contributed by atoms with Crippen LogP contribution < -0.4 is 26.4 Å². The first kappa shape index (κ1) is 55.7. The minimum atomic E-state index is -1.19. The quantitative estimate of drug-likeness (QED) is 0.0264. The van der Waals surface area contributed by atoms with E-state index in [1.165, 1.54) is 25.7 Å². The second-order valence-corrected chi connectivity index (χ2v) is 14.6. The molecule has 342 valence electrons. The monoisotopic (exact) mass is 864 g/mol. The van der Waals surface area contributed by atoms with Gasteiger partial charge in [0.1, 0.15) is 25.5 Å². The number of unbranched alkanes of at least 4 members (excludes halogenated alkanes) is 13. The molecule has 19 heteroatoms. The van der Waals surface area contributed by atoms with E-state index in [0.29, 0.717) is 19.4 Å². The molecule has 4 amide bonds. The summed E-state index contributed by atoms with van der Waals surface area (Å²) >= 11 is 0. The lowest BCUT2D eigenvalue weighted by Gasteiger charge is -2.14. The number of carbonyl (C=O) groups is 7. The van der Waals surface area contributed by atoms with Crippen LogP contribution in [0.5, 0.6) is 0 Å². The maximum absolute atomic E-state index is 12.3. The van der Waals surface area contributed by atoms with E-state index >= 15 is 0 Å². The number of rotatable bonds is 44. The maximum atomic E-state index is 12.3. The number of hydrogen-bond donors (Lipinski definition) is 7. The van der Waals surface area contributed by atoms with Crippen molar-refractivity contribution in [2.45, 2.75) is 141 Å². The van der Waals surface area contributed by atoms with E-state index in [9.17, 15) is 38.7 Å². The van der Waals surface area contributed by atoms with Crippen LogP contribution in [-0.4, -0.2) is 137 Å². The van der Waals surface area contributed by atoms with Crippen LogP contribution in [0.2, 0.25) is 0 Å². The molecule has 0 rings (SSSR count). The normalized spacial score (nSPS) is 12.0. The van der Waals surface area contributed by atoms with Gasteiger partial charge in [0, 0.05) is 38.9 Å². The van der Waals surface area contributed by atoms with Gasteiger partial charge >= 0.3 is 11.9 Å². The van der Waals surface area contributed by atoms with Crippen molar-refractivity contribution in [3.8, 4) is 0 Å². The SMILES string of the molecule is O=CC(CCCCNC(=O)COCCOCCNC(=O)COCCOCCNC(=O)CCC(NC(=O)CCCCCCCCCCCCCCCC(=O)O)C(=O)O)NP. The van der Waals surface area contributed by atoms with Gasteiger partial charge in [-0.1, -0.05) is 80.0 Å². The minimum Gasteiger partial charge on any atom is -0.481 e. The third-order valence-corrected chi connectivity index (χ3v) is 9.51. The summed E-state index contributed by atoms with van der Waals surface area (Å²) in [5, 5.41) is 31.5. The number of carboxylic acids is 2. The minimum absolute atomic E-state index is 0.0281. The number of carbonyl (C=O) groups excluding carboxylic acids is 5. The van der Waals surface area contributed by atoms with Crippen molar-refractivity contribution in [2.24, 2.45) is 0 Å². The zero-order chi connectivity index (χ0) is 43.6. The topological polar surface area (TPSA) is 257 Å². The Morgan fingerprint density at radius 2 is 0.949 bits per heavy atom. The second kappa shape index (κ2) is 41.5. The van der Waals surface area contributed by atoms with Gasteiger partial charge in [-0.25, -0.2) is 4.79 Å². The summed E-state index contributed by atoms with van der Waals surface area (Å²) in [7, 11) is 2.32. The van der Waals surface area contributed by atoms with Gasteiger partial charge in [-0.05, 0) is 38.5 Å².